The van der Waals surface area contributed by atoms with Gasteiger partial charge < -0.3 is 15.8 Å². The van der Waals surface area contributed by atoms with Crippen LogP contribution in [-0.4, -0.2) is 50.3 Å². The summed E-state index contributed by atoms with van der Waals surface area (Å²) in [6.45, 7) is 0.446. The van der Waals surface area contributed by atoms with Crippen molar-refractivity contribution in [3.63, 3.8) is 0 Å². The number of nitrogen functional groups attached to an aromatic ring is 1. The van der Waals surface area contributed by atoms with Gasteiger partial charge in [0.1, 0.15) is 5.75 Å². The van der Waals surface area contributed by atoms with E-state index in [2.05, 4.69) is 5.32 Å². The van der Waals surface area contributed by atoms with E-state index in [1.807, 2.05) is 0 Å². The molecule has 1 saturated heterocycles. The fourth-order valence-corrected chi connectivity index (χ4v) is 3.25. The Morgan fingerprint density at radius 3 is 2.62 bits per heavy atom. The molecule has 0 aliphatic carbocycles. The van der Waals surface area contributed by atoms with Crippen LogP contribution in [0, 0.1) is 5.92 Å². The van der Waals surface area contributed by atoms with Gasteiger partial charge in [-0.3, -0.25) is 9.69 Å². The molecule has 0 spiro atoms. The zero-order valence-electron chi connectivity index (χ0n) is 14.5. The number of carbonyl (C=O) groups is 1. The van der Waals surface area contributed by atoms with Gasteiger partial charge >= 0.3 is 6.18 Å². The Kier molecular flexibility index (Phi) is 7.00. The molecule has 1 aromatic rings. The molecule has 0 radical (unpaired) electrons. The van der Waals surface area contributed by atoms with Gasteiger partial charge in [-0.05, 0) is 44.3 Å². The van der Waals surface area contributed by atoms with Crippen molar-refractivity contribution in [2.45, 2.75) is 25.4 Å². The van der Waals surface area contributed by atoms with Crippen molar-refractivity contribution in [2.24, 2.45) is 5.92 Å². The van der Waals surface area contributed by atoms with Gasteiger partial charge in [0, 0.05) is 12.6 Å². The predicted octanol–water partition coefficient (Wildman–Crippen LogP) is 3.33. The first-order valence-electron chi connectivity index (χ1n) is 8.40. The van der Waals surface area contributed by atoms with Gasteiger partial charge in [0.15, 0.2) is 0 Å². The average Bonchev–Trinajstić information content (AvgIpc) is 2.57. The van der Waals surface area contributed by atoms with Gasteiger partial charge in [0.05, 0.1) is 29.9 Å². The Bertz CT molecular complexity index is 632. The number of nitrogens with two attached hydrogens (primary N) is 1. The van der Waals surface area contributed by atoms with Crippen molar-refractivity contribution in [1.29, 1.82) is 0 Å². The van der Waals surface area contributed by atoms with Gasteiger partial charge in [-0.1, -0.05) is 11.6 Å². The maximum Gasteiger partial charge on any atom is 0.401 e. The monoisotopic (exact) mass is 393 g/mol. The summed E-state index contributed by atoms with van der Waals surface area (Å²) in [6.07, 6.45) is -2.04. The molecule has 3 N–H and O–H groups in total. The second kappa shape index (κ2) is 8.81. The number of nitrogens with zero attached hydrogens (tertiary/aromatic N) is 1. The van der Waals surface area contributed by atoms with Crippen LogP contribution in [0.25, 0.3) is 0 Å². The van der Waals surface area contributed by atoms with Crippen molar-refractivity contribution in [2.75, 3.05) is 39.0 Å². The number of ether oxygens (including phenoxy) is 1. The third-order valence-electron chi connectivity index (χ3n) is 4.51. The molecule has 1 aliphatic rings. The summed E-state index contributed by atoms with van der Waals surface area (Å²) < 4.78 is 42.3. The Hall–Kier alpha value is -1.67. The first kappa shape index (κ1) is 20.6. The molecule has 0 aromatic heterocycles. The van der Waals surface area contributed by atoms with Gasteiger partial charge in [-0.15, -0.1) is 0 Å². The van der Waals surface area contributed by atoms with E-state index >= 15 is 0 Å². The Morgan fingerprint density at radius 2 is 2.04 bits per heavy atom. The van der Waals surface area contributed by atoms with Gasteiger partial charge in [0.2, 0.25) is 0 Å². The summed E-state index contributed by atoms with van der Waals surface area (Å²) in [5, 5.41) is 3.08. The summed E-state index contributed by atoms with van der Waals surface area (Å²) in [7, 11) is 1.44. The molecule has 2 rings (SSSR count). The number of rotatable bonds is 6. The highest BCUT2D eigenvalue weighted by Crippen LogP contribution is 2.29. The summed E-state index contributed by atoms with van der Waals surface area (Å²) in [4.78, 5) is 13.7. The first-order valence-corrected chi connectivity index (χ1v) is 8.77. The predicted molar refractivity (Wildman–Crippen MR) is 94.6 cm³/mol. The van der Waals surface area contributed by atoms with E-state index in [0.29, 0.717) is 55.4 Å². The number of carbonyl (C=O) groups excluding carboxylic acids is 1. The third kappa shape index (κ3) is 5.95. The summed E-state index contributed by atoms with van der Waals surface area (Å²) in [6, 6.07) is 2.95. The number of piperidine rings is 1. The molecule has 5 nitrogen and oxygen atoms in total. The number of nitrogens with one attached hydrogen (secondary N) is 1. The van der Waals surface area contributed by atoms with Crippen molar-refractivity contribution >= 4 is 23.2 Å². The van der Waals surface area contributed by atoms with Crippen molar-refractivity contribution in [3.8, 4) is 5.75 Å². The number of alkyl halides is 3. The van der Waals surface area contributed by atoms with E-state index in [-0.39, 0.29) is 10.9 Å². The third-order valence-corrected chi connectivity index (χ3v) is 4.84. The minimum Gasteiger partial charge on any atom is -0.496 e. The van der Waals surface area contributed by atoms with Gasteiger partial charge in [-0.2, -0.15) is 13.2 Å². The lowest BCUT2D eigenvalue weighted by Crippen LogP contribution is -2.40. The van der Waals surface area contributed by atoms with E-state index in [9.17, 15) is 18.0 Å². The van der Waals surface area contributed by atoms with E-state index in [1.165, 1.54) is 24.1 Å². The van der Waals surface area contributed by atoms with Crippen LogP contribution in [0.3, 0.4) is 0 Å². The van der Waals surface area contributed by atoms with E-state index in [4.69, 9.17) is 22.1 Å². The molecule has 0 unspecified atom stereocenters. The van der Waals surface area contributed by atoms with Crippen molar-refractivity contribution in [1.82, 2.24) is 10.2 Å². The molecular weight excluding hydrogens is 371 g/mol. The molecule has 1 aliphatic heterocycles. The molecule has 0 bridgehead atoms. The summed E-state index contributed by atoms with van der Waals surface area (Å²) >= 11 is 5.96. The summed E-state index contributed by atoms with van der Waals surface area (Å²) in [5.41, 5.74) is 6.32. The number of amides is 1. The highest BCUT2D eigenvalue weighted by atomic mass is 35.5. The zero-order chi connectivity index (χ0) is 19.3. The van der Waals surface area contributed by atoms with Crippen LogP contribution in [0.5, 0.6) is 5.75 Å². The lowest BCUT2D eigenvalue weighted by atomic mass is 9.93. The van der Waals surface area contributed by atoms with Gasteiger partial charge in [-0.25, -0.2) is 0 Å². The lowest BCUT2D eigenvalue weighted by Gasteiger charge is -2.32. The molecule has 0 saturated carbocycles. The molecule has 1 fully saturated rings. The first-order chi connectivity index (χ1) is 12.2. The zero-order valence-corrected chi connectivity index (χ0v) is 15.3. The number of anilines is 1. The topological polar surface area (TPSA) is 67.6 Å². The Balaban J connectivity index is 1.79. The lowest BCUT2D eigenvalue weighted by molar-refractivity contribution is -0.148. The quantitative estimate of drug-likeness (QED) is 0.727. The normalized spacial score (nSPS) is 16.5. The maximum atomic E-state index is 12.4. The number of hydrogen-bond acceptors (Lipinski definition) is 4. The number of benzene rings is 1. The highest BCUT2D eigenvalue weighted by molar-refractivity contribution is 6.33. The highest BCUT2D eigenvalue weighted by Gasteiger charge is 2.32. The Labute approximate surface area is 155 Å². The maximum absolute atomic E-state index is 12.4. The fraction of sp³-hybridized carbons (Fsp3) is 0.588. The molecule has 26 heavy (non-hydrogen) atoms. The minimum atomic E-state index is -4.15. The molecule has 9 heteroatoms. The number of halogens is 4. The molecular formula is C17H23ClF3N3O2. The minimum absolute atomic E-state index is 0.271. The molecule has 146 valence electrons. The second-order valence-electron chi connectivity index (χ2n) is 6.45. The molecule has 1 aromatic carbocycles. The largest absolute Gasteiger partial charge is 0.496 e. The number of methoxy groups -OCH3 is 1. The van der Waals surface area contributed by atoms with Crippen LogP contribution in [0.15, 0.2) is 12.1 Å². The van der Waals surface area contributed by atoms with Crippen LogP contribution < -0.4 is 15.8 Å². The fourth-order valence-electron chi connectivity index (χ4n) is 3.09. The summed E-state index contributed by atoms with van der Waals surface area (Å²) in [5.74, 6) is 0.319. The van der Waals surface area contributed by atoms with Crippen molar-refractivity contribution < 1.29 is 22.7 Å². The standard InChI is InChI=1S/C17H23ClF3N3O2/c1-26-15-9-14(22)13(18)8-12(15)16(25)23-5-2-11-3-6-24(7-4-11)10-17(19,20)21/h8-9,11H,2-7,10,22H2,1H3,(H,23,25). The van der Waals surface area contributed by atoms with Crippen LogP contribution in [0.2, 0.25) is 5.02 Å². The SMILES string of the molecule is COc1cc(N)c(Cl)cc1C(=O)NCCC1CCN(CC(F)(F)F)CC1. The molecule has 1 amide bonds. The van der Waals surface area contributed by atoms with E-state index in [0.717, 1.165) is 6.42 Å². The smallest absolute Gasteiger partial charge is 0.401 e. The second-order valence-corrected chi connectivity index (χ2v) is 6.86. The van der Waals surface area contributed by atoms with Crippen LogP contribution >= 0.6 is 11.6 Å². The van der Waals surface area contributed by atoms with Crippen LogP contribution in [0.1, 0.15) is 29.6 Å². The van der Waals surface area contributed by atoms with E-state index in [1.54, 1.807) is 0 Å². The van der Waals surface area contributed by atoms with Crippen LogP contribution in [0.4, 0.5) is 18.9 Å². The number of hydrogen-bond donors (Lipinski definition) is 2. The van der Waals surface area contributed by atoms with E-state index < -0.39 is 12.7 Å². The van der Waals surface area contributed by atoms with Crippen molar-refractivity contribution in [3.05, 3.63) is 22.7 Å². The van der Waals surface area contributed by atoms with Crippen LogP contribution in [-0.2, 0) is 0 Å². The molecule has 0 atom stereocenters. The number of likely N-dealkylation sites (tertiary alicyclic amines) is 1. The Morgan fingerprint density at radius 1 is 1.38 bits per heavy atom. The molecule has 1 heterocycles. The average molecular weight is 394 g/mol. The van der Waals surface area contributed by atoms with Gasteiger partial charge in [0.25, 0.3) is 5.91 Å².